The Labute approximate surface area is 120 Å². The van der Waals surface area contributed by atoms with E-state index in [4.69, 9.17) is 0 Å². The lowest BCUT2D eigenvalue weighted by Crippen LogP contribution is -2.46. The number of amides is 2. The summed E-state index contributed by atoms with van der Waals surface area (Å²) >= 11 is 0. The number of nitrogens with one attached hydrogen (secondary N) is 2. The van der Waals surface area contributed by atoms with Gasteiger partial charge < -0.3 is 20.6 Å². The van der Waals surface area contributed by atoms with Crippen molar-refractivity contribution in [3.05, 3.63) is 24.3 Å². The number of aliphatic hydroxyl groups excluding tert-OH is 1. The zero-order valence-corrected chi connectivity index (χ0v) is 12.1. The van der Waals surface area contributed by atoms with Gasteiger partial charge in [-0.2, -0.15) is 0 Å². The molecule has 0 spiro atoms. The number of urea groups is 1. The molecule has 1 fully saturated rings. The van der Waals surface area contributed by atoms with Gasteiger partial charge in [0.1, 0.15) is 0 Å². The average molecular weight is 277 g/mol. The fourth-order valence-electron chi connectivity index (χ4n) is 2.46. The second-order valence-corrected chi connectivity index (χ2v) is 5.50. The first-order valence-corrected chi connectivity index (χ1v) is 7.09. The molecule has 2 rings (SSSR count). The topological polar surface area (TPSA) is 64.6 Å². The third-order valence-corrected chi connectivity index (χ3v) is 3.69. The number of aliphatic hydroxyl groups is 1. The quantitative estimate of drug-likeness (QED) is 0.793. The van der Waals surface area contributed by atoms with E-state index < -0.39 is 6.10 Å². The van der Waals surface area contributed by atoms with Gasteiger partial charge in [-0.05, 0) is 37.1 Å². The monoisotopic (exact) mass is 277 g/mol. The van der Waals surface area contributed by atoms with E-state index >= 15 is 0 Å². The fraction of sp³-hybridized carbons (Fsp3) is 0.533. The second-order valence-electron chi connectivity index (χ2n) is 5.50. The molecule has 1 aromatic rings. The highest BCUT2D eigenvalue weighted by atomic mass is 16.3. The fourth-order valence-corrected chi connectivity index (χ4v) is 2.46. The predicted octanol–water partition coefficient (Wildman–Crippen LogP) is 2.18. The van der Waals surface area contributed by atoms with Crippen molar-refractivity contribution in [3.63, 3.8) is 0 Å². The molecular formula is C15H23N3O2. The standard InChI is InChI=1S/C15H23N3O2/c1-18(2)12-9-7-11(8-10-12)16-15(20)17-13-5-3-4-6-14(13)19/h7-10,13-14,19H,3-6H2,1-2H3,(H2,16,17,20)/t13-,14+/m1/s1. The van der Waals surface area contributed by atoms with Crippen molar-refractivity contribution in [3.8, 4) is 0 Å². The summed E-state index contributed by atoms with van der Waals surface area (Å²) in [6.45, 7) is 0. The SMILES string of the molecule is CN(C)c1ccc(NC(=O)N[C@@H]2CCCC[C@@H]2O)cc1. The van der Waals surface area contributed by atoms with Crippen molar-refractivity contribution in [1.29, 1.82) is 0 Å². The summed E-state index contributed by atoms with van der Waals surface area (Å²) in [6.07, 6.45) is 3.27. The number of benzene rings is 1. The van der Waals surface area contributed by atoms with Gasteiger partial charge in [-0.1, -0.05) is 12.8 Å². The molecule has 2 atom stereocenters. The molecule has 5 heteroatoms. The number of hydrogen-bond acceptors (Lipinski definition) is 3. The number of carbonyl (C=O) groups is 1. The number of rotatable bonds is 3. The summed E-state index contributed by atoms with van der Waals surface area (Å²) in [5.74, 6) is 0. The number of carbonyl (C=O) groups excluding carboxylic acids is 1. The maximum Gasteiger partial charge on any atom is 0.319 e. The van der Waals surface area contributed by atoms with Crippen LogP contribution in [0, 0.1) is 0 Å². The van der Waals surface area contributed by atoms with E-state index in [1.54, 1.807) is 0 Å². The van der Waals surface area contributed by atoms with E-state index in [9.17, 15) is 9.90 Å². The van der Waals surface area contributed by atoms with E-state index in [0.29, 0.717) is 0 Å². The largest absolute Gasteiger partial charge is 0.391 e. The molecule has 0 bridgehead atoms. The molecule has 1 saturated carbocycles. The molecule has 110 valence electrons. The summed E-state index contributed by atoms with van der Waals surface area (Å²) in [7, 11) is 3.94. The maximum absolute atomic E-state index is 11.9. The Kier molecular flexibility index (Phi) is 4.84. The third-order valence-electron chi connectivity index (χ3n) is 3.69. The van der Waals surface area contributed by atoms with Crippen LogP contribution < -0.4 is 15.5 Å². The third kappa shape index (κ3) is 3.87. The van der Waals surface area contributed by atoms with Crippen LogP contribution in [-0.4, -0.2) is 37.4 Å². The molecule has 1 aliphatic carbocycles. The van der Waals surface area contributed by atoms with Gasteiger partial charge in [0.05, 0.1) is 12.1 Å². The Morgan fingerprint density at radius 1 is 1.20 bits per heavy atom. The highest BCUT2D eigenvalue weighted by molar-refractivity contribution is 5.89. The second kappa shape index (κ2) is 6.61. The average Bonchev–Trinajstić information content (AvgIpc) is 2.42. The zero-order valence-electron chi connectivity index (χ0n) is 12.1. The van der Waals surface area contributed by atoms with Crippen molar-refractivity contribution in [2.45, 2.75) is 37.8 Å². The van der Waals surface area contributed by atoms with Crippen molar-refractivity contribution < 1.29 is 9.90 Å². The van der Waals surface area contributed by atoms with Crippen LogP contribution in [0.2, 0.25) is 0 Å². The highest BCUT2D eigenvalue weighted by Gasteiger charge is 2.24. The Balaban J connectivity index is 1.87. The minimum atomic E-state index is -0.425. The molecule has 5 nitrogen and oxygen atoms in total. The minimum Gasteiger partial charge on any atom is -0.391 e. The van der Waals surface area contributed by atoms with Crippen LogP contribution in [0.5, 0.6) is 0 Å². The molecule has 2 amide bonds. The lowest BCUT2D eigenvalue weighted by atomic mass is 9.93. The highest BCUT2D eigenvalue weighted by Crippen LogP contribution is 2.19. The normalized spacial score (nSPS) is 22.1. The lowest BCUT2D eigenvalue weighted by molar-refractivity contribution is 0.0955. The van der Waals surface area contributed by atoms with Crippen LogP contribution in [0.4, 0.5) is 16.2 Å². The molecule has 1 aliphatic rings. The number of anilines is 2. The van der Waals surface area contributed by atoms with Crippen LogP contribution >= 0.6 is 0 Å². The summed E-state index contributed by atoms with van der Waals surface area (Å²) in [4.78, 5) is 13.9. The van der Waals surface area contributed by atoms with Gasteiger partial charge in [-0.15, -0.1) is 0 Å². The first-order chi connectivity index (χ1) is 9.56. The van der Waals surface area contributed by atoms with Gasteiger partial charge in [-0.25, -0.2) is 4.79 Å². The van der Waals surface area contributed by atoms with E-state index in [1.165, 1.54) is 0 Å². The predicted molar refractivity (Wildman–Crippen MR) is 81.2 cm³/mol. The Morgan fingerprint density at radius 3 is 2.45 bits per heavy atom. The summed E-state index contributed by atoms with van der Waals surface area (Å²) in [5.41, 5.74) is 1.83. The summed E-state index contributed by atoms with van der Waals surface area (Å²) in [6, 6.07) is 7.24. The van der Waals surface area contributed by atoms with Gasteiger partial charge >= 0.3 is 6.03 Å². The maximum atomic E-state index is 11.9. The van der Waals surface area contributed by atoms with E-state index in [0.717, 1.165) is 37.1 Å². The molecule has 0 radical (unpaired) electrons. The van der Waals surface area contributed by atoms with E-state index in [2.05, 4.69) is 10.6 Å². The van der Waals surface area contributed by atoms with Gasteiger partial charge in [0.15, 0.2) is 0 Å². The van der Waals surface area contributed by atoms with Crippen LogP contribution in [-0.2, 0) is 0 Å². The van der Waals surface area contributed by atoms with Gasteiger partial charge in [-0.3, -0.25) is 0 Å². The van der Waals surface area contributed by atoms with Crippen molar-refractivity contribution in [2.24, 2.45) is 0 Å². The van der Waals surface area contributed by atoms with Crippen molar-refractivity contribution in [2.75, 3.05) is 24.3 Å². The molecule has 0 saturated heterocycles. The lowest BCUT2D eigenvalue weighted by Gasteiger charge is -2.28. The molecule has 0 aliphatic heterocycles. The molecule has 3 N–H and O–H groups in total. The first-order valence-electron chi connectivity index (χ1n) is 7.09. The van der Waals surface area contributed by atoms with E-state index in [1.807, 2.05) is 43.3 Å². The van der Waals surface area contributed by atoms with Crippen LogP contribution in [0.15, 0.2) is 24.3 Å². The Bertz CT molecular complexity index is 445. The summed E-state index contributed by atoms with van der Waals surface area (Å²) in [5, 5.41) is 15.5. The summed E-state index contributed by atoms with van der Waals surface area (Å²) < 4.78 is 0. The number of hydrogen-bond donors (Lipinski definition) is 3. The Hall–Kier alpha value is -1.75. The van der Waals surface area contributed by atoms with Crippen molar-refractivity contribution >= 4 is 17.4 Å². The molecular weight excluding hydrogens is 254 g/mol. The molecule has 0 aromatic heterocycles. The minimum absolute atomic E-state index is 0.134. The van der Waals surface area contributed by atoms with Gasteiger partial charge in [0.25, 0.3) is 0 Å². The molecule has 20 heavy (non-hydrogen) atoms. The van der Waals surface area contributed by atoms with Gasteiger partial charge in [0.2, 0.25) is 0 Å². The number of nitrogens with zero attached hydrogens (tertiary/aromatic N) is 1. The smallest absolute Gasteiger partial charge is 0.319 e. The molecule has 1 aromatic carbocycles. The van der Waals surface area contributed by atoms with E-state index in [-0.39, 0.29) is 12.1 Å². The first kappa shape index (κ1) is 14.7. The zero-order chi connectivity index (χ0) is 14.5. The van der Waals surface area contributed by atoms with Gasteiger partial charge in [0, 0.05) is 25.5 Å². The van der Waals surface area contributed by atoms with Crippen molar-refractivity contribution in [1.82, 2.24) is 5.32 Å². The molecule has 0 unspecified atom stereocenters. The Morgan fingerprint density at radius 2 is 1.85 bits per heavy atom. The molecule has 0 heterocycles. The van der Waals surface area contributed by atoms with Crippen LogP contribution in [0.25, 0.3) is 0 Å². The van der Waals surface area contributed by atoms with Crippen LogP contribution in [0.1, 0.15) is 25.7 Å². The van der Waals surface area contributed by atoms with Crippen LogP contribution in [0.3, 0.4) is 0 Å².